The molecule has 7 heteroatoms. The summed E-state index contributed by atoms with van der Waals surface area (Å²) in [5.41, 5.74) is 0.227. The van der Waals surface area contributed by atoms with Crippen LogP contribution >= 0.6 is 0 Å². The third-order valence-electron chi connectivity index (χ3n) is 5.36. The van der Waals surface area contributed by atoms with E-state index >= 15 is 0 Å². The maximum Gasteiger partial charge on any atom is 0.349 e. The molecule has 3 aromatic carbocycles. The number of aryl methyl sites for hydroxylation is 1. The molecule has 0 spiro atoms. The normalized spacial score (nSPS) is 11.1. The second-order valence-corrected chi connectivity index (χ2v) is 7.53. The third-order valence-corrected chi connectivity index (χ3v) is 5.36. The molecule has 162 valence electrons. The van der Waals surface area contributed by atoms with E-state index in [1.165, 1.54) is 18.2 Å². The van der Waals surface area contributed by atoms with Crippen LogP contribution in [0.1, 0.15) is 32.0 Å². The van der Waals surface area contributed by atoms with Gasteiger partial charge in [0.2, 0.25) is 5.78 Å². The highest BCUT2D eigenvalue weighted by atomic mass is 19.1. The van der Waals surface area contributed by atoms with E-state index < -0.39 is 23.1 Å². The van der Waals surface area contributed by atoms with Crippen LogP contribution in [0.2, 0.25) is 0 Å². The highest BCUT2D eigenvalue weighted by molar-refractivity contribution is 6.19. The molecule has 5 rings (SSSR count). The first-order chi connectivity index (χ1) is 15.9. The number of furan rings is 1. The van der Waals surface area contributed by atoms with Gasteiger partial charge < -0.3 is 14.2 Å². The van der Waals surface area contributed by atoms with E-state index in [0.717, 1.165) is 6.07 Å². The molecule has 0 atom stereocenters. The zero-order valence-electron chi connectivity index (χ0n) is 17.3. The van der Waals surface area contributed by atoms with Crippen molar-refractivity contribution in [2.24, 2.45) is 0 Å². The number of carbonyl (C=O) groups excluding carboxylic acids is 2. The fourth-order valence-corrected chi connectivity index (χ4v) is 3.60. The number of rotatable bonds is 4. The van der Waals surface area contributed by atoms with Crippen LogP contribution < -0.4 is 10.9 Å². The Morgan fingerprint density at radius 3 is 2.39 bits per heavy atom. The van der Waals surface area contributed by atoms with Gasteiger partial charge in [-0.1, -0.05) is 42.5 Å². The molecule has 2 heterocycles. The van der Waals surface area contributed by atoms with Gasteiger partial charge in [0.1, 0.15) is 22.5 Å². The van der Waals surface area contributed by atoms with Crippen LogP contribution in [-0.2, 0) is 0 Å². The molecule has 5 aromatic rings. The van der Waals surface area contributed by atoms with Crippen molar-refractivity contribution in [2.75, 3.05) is 5.32 Å². The molecule has 0 saturated heterocycles. The second-order valence-electron chi connectivity index (χ2n) is 7.53. The van der Waals surface area contributed by atoms with Gasteiger partial charge in [-0.15, -0.1) is 0 Å². The number of ketones is 1. The second kappa shape index (κ2) is 7.87. The van der Waals surface area contributed by atoms with E-state index in [-0.39, 0.29) is 22.6 Å². The molecule has 0 saturated carbocycles. The van der Waals surface area contributed by atoms with Crippen LogP contribution in [0.3, 0.4) is 0 Å². The number of hydrogen-bond donors (Lipinski definition) is 1. The maximum absolute atomic E-state index is 14.1. The summed E-state index contributed by atoms with van der Waals surface area (Å²) in [7, 11) is 0. The van der Waals surface area contributed by atoms with Gasteiger partial charge in [0, 0.05) is 16.3 Å². The summed E-state index contributed by atoms with van der Waals surface area (Å²) in [5, 5.41) is 3.66. The number of hydrogen-bond acceptors (Lipinski definition) is 5. The fraction of sp³-hybridized carbons (Fsp3) is 0.0385. The number of amides is 1. The third kappa shape index (κ3) is 3.59. The van der Waals surface area contributed by atoms with Crippen molar-refractivity contribution in [1.29, 1.82) is 0 Å². The SMILES string of the molecule is Cc1ccc(C(=O)c2oc3ccccc3c2NC(=O)c2cc3ccccc3oc2=O)cc1F. The Labute approximate surface area is 186 Å². The van der Waals surface area contributed by atoms with Gasteiger partial charge in [-0.3, -0.25) is 9.59 Å². The smallest absolute Gasteiger partial charge is 0.349 e. The first-order valence-electron chi connectivity index (χ1n) is 10.1. The van der Waals surface area contributed by atoms with Gasteiger partial charge in [-0.05, 0) is 42.8 Å². The molecular formula is C26H16FNO5. The Hall–Kier alpha value is -4.52. The molecule has 2 aromatic heterocycles. The zero-order chi connectivity index (χ0) is 23.1. The summed E-state index contributed by atoms with van der Waals surface area (Å²) in [6.45, 7) is 1.59. The molecular weight excluding hydrogens is 425 g/mol. The standard InChI is InChI=1S/C26H16FNO5/c1-14-10-11-16(13-19(14)27)23(29)24-22(17-7-3-5-9-21(17)32-24)28-25(30)18-12-15-6-2-4-8-20(15)33-26(18)31/h2-13H,1H3,(H,28,30). The molecule has 6 nitrogen and oxygen atoms in total. The Morgan fingerprint density at radius 2 is 1.61 bits per heavy atom. The van der Waals surface area contributed by atoms with Crippen LogP contribution in [0.25, 0.3) is 21.9 Å². The number of anilines is 1. The first kappa shape index (κ1) is 20.4. The van der Waals surface area contributed by atoms with Gasteiger partial charge in [-0.25, -0.2) is 9.18 Å². The van der Waals surface area contributed by atoms with Crippen molar-refractivity contribution in [3.63, 3.8) is 0 Å². The van der Waals surface area contributed by atoms with Crippen LogP contribution in [0.5, 0.6) is 0 Å². The summed E-state index contributed by atoms with van der Waals surface area (Å²) < 4.78 is 25.0. The number of fused-ring (bicyclic) bond motifs is 2. The molecule has 0 aliphatic heterocycles. The lowest BCUT2D eigenvalue weighted by Gasteiger charge is -2.07. The Balaban J connectivity index is 1.60. The maximum atomic E-state index is 14.1. The van der Waals surface area contributed by atoms with E-state index in [2.05, 4.69) is 5.32 Å². The van der Waals surface area contributed by atoms with Crippen LogP contribution in [0, 0.1) is 12.7 Å². The lowest BCUT2D eigenvalue weighted by Crippen LogP contribution is -2.21. The molecule has 0 radical (unpaired) electrons. The fourth-order valence-electron chi connectivity index (χ4n) is 3.60. The minimum atomic E-state index is -0.813. The number of carbonyl (C=O) groups is 2. The first-order valence-corrected chi connectivity index (χ1v) is 10.1. The highest BCUT2D eigenvalue weighted by Gasteiger charge is 2.25. The summed E-state index contributed by atoms with van der Waals surface area (Å²) in [4.78, 5) is 38.6. The summed E-state index contributed by atoms with van der Waals surface area (Å²) in [5.74, 6) is -2.06. The number of para-hydroxylation sites is 2. The van der Waals surface area contributed by atoms with Gasteiger partial charge in [0.15, 0.2) is 5.76 Å². The summed E-state index contributed by atoms with van der Waals surface area (Å²) >= 11 is 0. The number of nitrogens with one attached hydrogen (secondary N) is 1. The van der Waals surface area contributed by atoms with E-state index in [9.17, 15) is 18.8 Å². The largest absolute Gasteiger partial charge is 0.450 e. The Bertz CT molecular complexity index is 1630. The van der Waals surface area contributed by atoms with Crippen molar-refractivity contribution in [1.82, 2.24) is 0 Å². The lowest BCUT2D eigenvalue weighted by molar-refractivity contribution is 0.101. The minimum absolute atomic E-state index is 0.0675. The molecule has 0 fully saturated rings. The summed E-state index contributed by atoms with van der Waals surface area (Å²) in [6, 6.07) is 19.1. The lowest BCUT2D eigenvalue weighted by atomic mass is 10.0. The van der Waals surface area contributed by atoms with Gasteiger partial charge in [0.25, 0.3) is 5.91 Å². The molecule has 1 N–H and O–H groups in total. The molecule has 0 unspecified atom stereocenters. The van der Waals surface area contributed by atoms with Crippen molar-refractivity contribution < 1.29 is 22.8 Å². The number of benzene rings is 3. The zero-order valence-corrected chi connectivity index (χ0v) is 17.3. The van der Waals surface area contributed by atoms with E-state index in [4.69, 9.17) is 8.83 Å². The van der Waals surface area contributed by atoms with Gasteiger partial charge >= 0.3 is 5.63 Å². The van der Waals surface area contributed by atoms with Crippen molar-refractivity contribution in [3.05, 3.63) is 111 Å². The van der Waals surface area contributed by atoms with Crippen molar-refractivity contribution in [3.8, 4) is 0 Å². The predicted octanol–water partition coefficient (Wildman–Crippen LogP) is 5.47. The molecule has 1 amide bonds. The van der Waals surface area contributed by atoms with Gasteiger partial charge in [0.05, 0.1) is 5.69 Å². The molecule has 0 aliphatic carbocycles. The summed E-state index contributed by atoms with van der Waals surface area (Å²) in [6.07, 6.45) is 0. The molecule has 0 bridgehead atoms. The Kier molecular flexibility index (Phi) is 4.86. The number of halogens is 1. The average Bonchev–Trinajstić information content (AvgIpc) is 3.18. The highest BCUT2D eigenvalue weighted by Crippen LogP contribution is 2.33. The predicted molar refractivity (Wildman–Crippen MR) is 121 cm³/mol. The van der Waals surface area contributed by atoms with Crippen LogP contribution in [0.15, 0.2) is 86.4 Å². The van der Waals surface area contributed by atoms with Gasteiger partial charge in [-0.2, -0.15) is 0 Å². The van der Waals surface area contributed by atoms with Crippen LogP contribution in [0.4, 0.5) is 10.1 Å². The monoisotopic (exact) mass is 441 g/mol. The van der Waals surface area contributed by atoms with E-state index in [1.54, 1.807) is 55.5 Å². The van der Waals surface area contributed by atoms with Crippen molar-refractivity contribution >= 4 is 39.3 Å². The van der Waals surface area contributed by atoms with E-state index in [1.807, 2.05) is 0 Å². The molecule has 0 aliphatic rings. The van der Waals surface area contributed by atoms with Crippen LogP contribution in [-0.4, -0.2) is 11.7 Å². The quantitative estimate of drug-likeness (QED) is 0.295. The van der Waals surface area contributed by atoms with Crippen molar-refractivity contribution in [2.45, 2.75) is 6.92 Å². The average molecular weight is 441 g/mol. The minimum Gasteiger partial charge on any atom is -0.450 e. The Morgan fingerprint density at radius 1 is 0.879 bits per heavy atom. The topological polar surface area (TPSA) is 89.5 Å². The van der Waals surface area contributed by atoms with E-state index in [0.29, 0.717) is 27.5 Å². The molecule has 33 heavy (non-hydrogen) atoms.